The number of aromatic amines is 1. The van der Waals surface area contributed by atoms with Gasteiger partial charge >= 0.3 is 0 Å². The van der Waals surface area contributed by atoms with Crippen LogP contribution in [0.1, 0.15) is 0 Å². The van der Waals surface area contributed by atoms with E-state index in [1.54, 1.807) is 18.2 Å². The van der Waals surface area contributed by atoms with Crippen molar-refractivity contribution in [3.8, 4) is 11.1 Å². The van der Waals surface area contributed by atoms with Crippen LogP contribution in [0.2, 0.25) is 15.1 Å². The molecular weight excluding hydrogens is 268 g/mol. The van der Waals surface area contributed by atoms with E-state index in [0.29, 0.717) is 21.2 Å². The maximum absolute atomic E-state index is 11.1. The molecule has 0 saturated heterocycles. The van der Waals surface area contributed by atoms with Crippen LogP contribution < -0.4 is 5.56 Å². The highest BCUT2D eigenvalue weighted by Crippen LogP contribution is 2.34. The first-order valence-corrected chi connectivity index (χ1v) is 5.55. The standard InChI is InChI=1S/C11H6Cl3NO/c12-7-2-1-3-8(13)10(7)6-4-9(14)11(16)15-5-6/h1-5H,(H,15,16). The molecule has 2 aromatic rings. The van der Waals surface area contributed by atoms with Gasteiger partial charge in [-0.25, -0.2) is 0 Å². The van der Waals surface area contributed by atoms with Gasteiger partial charge in [0.25, 0.3) is 5.56 Å². The molecule has 2 rings (SSSR count). The maximum atomic E-state index is 11.1. The van der Waals surface area contributed by atoms with Crippen LogP contribution >= 0.6 is 34.8 Å². The molecule has 0 aliphatic heterocycles. The minimum Gasteiger partial charge on any atom is -0.327 e. The number of aromatic nitrogens is 1. The Labute approximate surface area is 107 Å². The van der Waals surface area contributed by atoms with Gasteiger partial charge in [0, 0.05) is 27.4 Å². The molecule has 0 aliphatic rings. The van der Waals surface area contributed by atoms with Gasteiger partial charge in [-0.1, -0.05) is 40.9 Å². The molecule has 0 atom stereocenters. The summed E-state index contributed by atoms with van der Waals surface area (Å²) in [6.07, 6.45) is 1.53. The lowest BCUT2D eigenvalue weighted by Crippen LogP contribution is -2.04. The lowest BCUT2D eigenvalue weighted by Gasteiger charge is -2.06. The SMILES string of the molecule is O=c1[nH]cc(-c2c(Cl)cccc2Cl)cc1Cl. The van der Waals surface area contributed by atoms with E-state index in [0.717, 1.165) is 0 Å². The summed E-state index contributed by atoms with van der Waals surface area (Å²) in [7, 11) is 0. The Kier molecular flexibility index (Phi) is 3.24. The van der Waals surface area contributed by atoms with Crippen LogP contribution in [-0.4, -0.2) is 4.98 Å². The van der Waals surface area contributed by atoms with Gasteiger partial charge in [-0.05, 0) is 18.2 Å². The van der Waals surface area contributed by atoms with Crippen LogP contribution in [0, 0.1) is 0 Å². The molecule has 0 bridgehead atoms. The Bertz CT molecular complexity index is 572. The molecule has 1 aromatic carbocycles. The summed E-state index contributed by atoms with van der Waals surface area (Å²) in [4.78, 5) is 13.6. The van der Waals surface area contributed by atoms with E-state index in [1.807, 2.05) is 0 Å². The van der Waals surface area contributed by atoms with Crippen LogP contribution in [0.4, 0.5) is 0 Å². The molecule has 1 aromatic heterocycles. The first-order chi connectivity index (χ1) is 7.59. The second-order valence-electron chi connectivity index (χ2n) is 3.16. The zero-order chi connectivity index (χ0) is 11.7. The van der Waals surface area contributed by atoms with E-state index in [4.69, 9.17) is 34.8 Å². The van der Waals surface area contributed by atoms with Crippen molar-refractivity contribution in [2.45, 2.75) is 0 Å². The third-order valence-electron chi connectivity index (χ3n) is 2.11. The monoisotopic (exact) mass is 273 g/mol. The van der Waals surface area contributed by atoms with Crippen molar-refractivity contribution in [3.63, 3.8) is 0 Å². The molecule has 0 saturated carbocycles. The molecule has 16 heavy (non-hydrogen) atoms. The maximum Gasteiger partial charge on any atom is 0.266 e. The first kappa shape index (κ1) is 11.5. The Morgan fingerprint density at radius 2 is 1.62 bits per heavy atom. The topological polar surface area (TPSA) is 32.9 Å². The summed E-state index contributed by atoms with van der Waals surface area (Å²) in [6, 6.07) is 6.73. The van der Waals surface area contributed by atoms with E-state index in [9.17, 15) is 4.79 Å². The Hall–Kier alpha value is -0.960. The van der Waals surface area contributed by atoms with Gasteiger partial charge < -0.3 is 4.98 Å². The van der Waals surface area contributed by atoms with Crippen molar-refractivity contribution in [2.75, 3.05) is 0 Å². The molecule has 2 nitrogen and oxygen atoms in total. The number of rotatable bonds is 1. The van der Waals surface area contributed by atoms with E-state index < -0.39 is 0 Å². The van der Waals surface area contributed by atoms with Gasteiger partial charge in [-0.2, -0.15) is 0 Å². The molecule has 0 unspecified atom stereocenters. The highest BCUT2D eigenvalue weighted by molar-refractivity contribution is 6.39. The molecule has 0 amide bonds. The van der Waals surface area contributed by atoms with Crippen LogP contribution in [0.5, 0.6) is 0 Å². The minimum atomic E-state index is -0.339. The first-order valence-electron chi connectivity index (χ1n) is 4.42. The van der Waals surface area contributed by atoms with Crippen LogP contribution in [0.3, 0.4) is 0 Å². The zero-order valence-corrected chi connectivity index (χ0v) is 10.2. The van der Waals surface area contributed by atoms with E-state index in [2.05, 4.69) is 4.98 Å². The highest BCUT2D eigenvalue weighted by atomic mass is 35.5. The fourth-order valence-electron chi connectivity index (χ4n) is 1.37. The lowest BCUT2D eigenvalue weighted by atomic mass is 10.1. The number of hydrogen-bond donors (Lipinski definition) is 1. The Morgan fingerprint density at radius 1 is 1.00 bits per heavy atom. The smallest absolute Gasteiger partial charge is 0.266 e. The van der Waals surface area contributed by atoms with Gasteiger partial charge in [0.1, 0.15) is 5.02 Å². The zero-order valence-electron chi connectivity index (χ0n) is 7.93. The van der Waals surface area contributed by atoms with Crippen molar-refractivity contribution in [1.82, 2.24) is 4.98 Å². The summed E-state index contributed by atoms with van der Waals surface area (Å²) in [5.74, 6) is 0. The fraction of sp³-hybridized carbons (Fsp3) is 0. The van der Waals surface area contributed by atoms with E-state index in [1.165, 1.54) is 12.3 Å². The number of hydrogen-bond acceptors (Lipinski definition) is 1. The van der Waals surface area contributed by atoms with E-state index >= 15 is 0 Å². The third kappa shape index (κ3) is 2.09. The number of halogens is 3. The van der Waals surface area contributed by atoms with Crippen molar-refractivity contribution < 1.29 is 0 Å². The quantitative estimate of drug-likeness (QED) is 0.837. The predicted octanol–water partition coefficient (Wildman–Crippen LogP) is 4.00. The molecule has 0 radical (unpaired) electrons. The number of nitrogens with one attached hydrogen (secondary N) is 1. The largest absolute Gasteiger partial charge is 0.327 e. The fourth-order valence-corrected chi connectivity index (χ4v) is 2.16. The lowest BCUT2D eigenvalue weighted by molar-refractivity contribution is 1.24. The summed E-state index contributed by atoms with van der Waals surface area (Å²) in [5.41, 5.74) is 0.998. The van der Waals surface area contributed by atoms with Crippen LogP contribution in [-0.2, 0) is 0 Å². The third-order valence-corrected chi connectivity index (χ3v) is 3.02. The van der Waals surface area contributed by atoms with Gasteiger partial charge in [-0.3, -0.25) is 4.79 Å². The predicted molar refractivity (Wildman–Crippen MR) is 67.5 cm³/mol. The molecule has 0 fully saturated rings. The summed E-state index contributed by atoms with van der Waals surface area (Å²) in [6.45, 7) is 0. The molecule has 0 aliphatic carbocycles. The van der Waals surface area contributed by atoms with Gasteiger partial charge in [0.05, 0.1) is 0 Å². The number of H-pyrrole nitrogens is 1. The summed E-state index contributed by atoms with van der Waals surface area (Å²) < 4.78 is 0. The van der Waals surface area contributed by atoms with Crippen molar-refractivity contribution in [2.24, 2.45) is 0 Å². The van der Waals surface area contributed by atoms with Gasteiger partial charge in [-0.15, -0.1) is 0 Å². The van der Waals surface area contributed by atoms with Gasteiger partial charge in [0.2, 0.25) is 0 Å². The van der Waals surface area contributed by atoms with Gasteiger partial charge in [0.15, 0.2) is 0 Å². The molecule has 0 spiro atoms. The minimum absolute atomic E-state index is 0.105. The number of pyridine rings is 1. The molecule has 82 valence electrons. The van der Waals surface area contributed by atoms with E-state index in [-0.39, 0.29) is 10.6 Å². The average Bonchev–Trinajstić information content (AvgIpc) is 2.23. The second kappa shape index (κ2) is 4.50. The highest BCUT2D eigenvalue weighted by Gasteiger charge is 2.09. The molecule has 5 heteroatoms. The van der Waals surface area contributed by atoms with Crippen molar-refractivity contribution >= 4 is 34.8 Å². The Balaban J connectivity index is 2.68. The van der Waals surface area contributed by atoms with Crippen molar-refractivity contribution in [1.29, 1.82) is 0 Å². The second-order valence-corrected chi connectivity index (χ2v) is 4.38. The molecule has 1 N–H and O–H groups in total. The Morgan fingerprint density at radius 3 is 2.19 bits per heavy atom. The number of benzene rings is 1. The summed E-state index contributed by atoms with van der Waals surface area (Å²) >= 11 is 17.8. The summed E-state index contributed by atoms with van der Waals surface area (Å²) in [5, 5.41) is 1.12. The van der Waals surface area contributed by atoms with Crippen molar-refractivity contribution in [3.05, 3.63) is 55.9 Å². The van der Waals surface area contributed by atoms with Crippen LogP contribution in [0.25, 0.3) is 11.1 Å². The normalized spacial score (nSPS) is 10.4. The van der Waals surface area contributed by atoms with Crippen LogP contribution in [0.15, 0.2) is 35.3 Å². The average molecular weight is 275 g/mol. The molecule has 1 heterocycles. The molecular formula is C11H6Cl3NO.